The number of carbonyl (C=O) groups excluding carboxylic acids is 1. The number of aliphatic imine (C=N–C) groups is 1. The third kappa shape index (κ3) is 4.08. The van der Waals surface area contributed by atoms with Crippen LogP contribution in [0.4, 0.5) is 0 Å². The van der Waals surface area contributed by atoms with Crippen molar-refractivity contribution in [3.8, 4) is 0 Å². The van der Waals surface area contributed by atoms with E-state index in [0.717, 1.165) is 12.8 Å². The molecule has 3 nitrogen and oxygen atoms in total. The summed E-state index contributed by atoms with van der Waals surface area (Å²) in [5.74, 6) is -0.200. The van der Waals surface area contributed by atoms with Gasteiger partial charge in [-0.05, 0) is 12.5 Å². The van der Waals surface area contributed by atoms with Crippen molar-refractivity contribution in [1.29, 1.82) is 0 Å². The Morgan fingerprint density at radius 3 is 2.82 bits per heavy atom. The van der Waals surface area contributed by atoms with Crippen molar-refractivity contribution in [2.45, 2.75) is 13.3 Å². The predicted octanol–water partition coefficient (Wildman–Crippen LogP) is 1.02. The van der Waals surface area contributed by atoms with E-state index in [9.17, 15) is 4.79 Å². The van der Waals surface area contributed by atoms with Crippen LogP contribution in [0.2, 0.25) is 0 Å². The van der Waals surface area contributed by atoms with Crippen LogP contribution in [-0.4, -0.2) is 12.1 Å². The highest BCUT2D eigenvalue weighted by Crippen LogP contribution is 1.95. The standard InChI is InChI=1S/C8H12N2O/c1-3-4-5-8(11)7(2)10-6-9/h4-6H,2-3H2,1H3,(H2,9,10)/b5-4-. The first-order valence-electron chi connectivity index (χ1n) is 3.36. The summed E-state index contributed by atoms with van der Waals surface area (Å²) in [6.07, 6.45) is 5.07. The van der Waals surface area contributed by atoms with Gasteiger partial charge in [0.25, 0.3) is 0 Å². The fourth-order valence-corrected chi connectivity index (χ4v) is 0.475. The molecule has 0 radical (unpaired) electrons. The molecule has 2 N–H and O–H groups in total. The van der Waals surface area contributed by atoms with Gasteiger partial charge >= 0.3 is 0 Å². The Kier molecular flexibility index (Phi) is 4.73. The maximum absolute atomic E-state index is 10.9. The average Bonchev–Trinajstić information content (AvgIpc) is 2.00. The topological polar surface area (TPSA) is 55.4 Å². The minimum atomic E-state index is -0.200. The molecule has 0 aromatic rings. The van der Waals surface area contributed by atoms with Gasteiger partial charge in [0.05, 0.1) is 6.34 Å². The van der Waals surface area contributed by atoms with Crippen molar-refractivity contribution < 1.29 is 4.79 Å². The normalized spacial score (nSPS) is 11.0. The van der Waals surface area contributed by atoms with Crippen molar-refractivity contribution in [3.63, 3.8) is 0 Å². The molecule has 0 unspecified atom stereocenters. The van der Waals surface area contributed by atoms with Crippen molar-refractivity contribution in [3.05, 3.63) is 24.4 Å². The predicted molar refractivity (Wildman–Crippen MR) is 46.3 cm³/mol. The number of hydrogen-bond donors (Lipinski definition) is 1. The lowest BCUT2D eigenvalue weighted by Crippen LogP contribution is -1.97. The number of nitrogens with two attached hydrogens (primary N) is 1. The first-order valence-corrected chi connectivity index (χ1v) is 3.36. The molecule has 0 saturated heterocycles. The van der Waals surface area contributed by atoms with Crippen LogP contribution in [0.15, 0.2) is 29.4 Å². The highest BCUT2D eigenvalue weighted by Gasteiger charge is 1.97. The van der Waals surface area contributed by atoms with E-state index in [2.05, 4.69) is 11.6 Å². The molecule has 0 fully saturated rings. The zero-order chi connectivity index (χ0) is 8.69. The Morgan fingerprint density at radius 1 is 1.73 bits per heavy atom. The maximum Gasteiger partial charge on any atom is 0.203 e. The van der Waals surface area contributed by atoms with E-state index >= 15 is 0 Å². The van der Waals surface area contributed by atoms with E-state index in [1.54, 1.807) is 6.08 Å². The third-order valence-electron chi connectivity index (χ3n) is 1.02. The van der Waals surface area contributed by atoms with Crippen LogP contribution in [-0.2, 0) is 4.79 Å². The van der Waals surface area contributed by atoms with Gasteiger partial charge in [-0.2, -0.15) is 0 Å². The fraction of sp³-hybridized carbons (Fsp3) is 0.250. The first kappa shape index (κ1) is 9.62. The van der Waals surface area contributed by atoms with Gasteiger partial charge in [0.2, 0.25) is 5.78 Å². The van der Waals surface area contributed by atoms with Gasteiger partial charge < -0.3 is 5.73 Å². The van der Waals surface area contributed by atoms with Crippen molar-refractivity contribution in [2.24, 2.45) is 10.7 Å². The number of ketones is 1. The molecule has 0 bridgehead atoms. The summed E-state index contributed by atoms with van der Waals surface area (Å²) in [7, 11) is 0. The average molecular weight is 152 g/mol. The number of allylic oxidation sites excluding steroid dienone is 2. The summed E-state index contributed by atoms with van der Waals surface area (Å²) in [4.78, 5) is 14.5. The molecule has 0 rings (SSSR count). The fourth-order valence-electron chi connectivity index (χ4n) is 0.475. The summed E-state index contributed by atoms with van der Waals surface area (Å²) < 4.78 is 0. The second-order valence-electron chi connectivity index (χ2n) is 1.90. The summed E-state index contributed by atoms with van der Waals surface area (Å²) in [6.45, 7) is 5.36. The van der Waals surface area contributed by atoms with Crippen LogP contribution in [0.25, 0.3) is 0 Å². The van der Waals surface area contributed by atoms with Gasteiger partial charge in [0.15, 0.2) is 0 Å². The smallest absolute Gasteiger partial charge is 0.203 e. The minimum Gasteiger partial charge on any atom is -0.390 e. The minimum absolute atomic E-state index is 0.164. The molecule has 0 amide bonds. The lowest BCUT2D eigenvalue weighted by Gasteiger charge is -1.89. The van der Waals surface area contributed by atoms with E-state index in [-0.39, 0.29) is 11.5 Å². The first-order chi connectivity index (χ1) is 5.22. The van der Waals surface area contributed by atoms with E-state index in [1.165, 1.54) is 6.08 Å². The Bertz CT molecular complexity index is 204. The van der Waals surface area contributed by atoms with Crippen molar-refractivity contribution in [2.75, 3.05) is 0 Å². The van der Waals surface area contributed by atoms with Gasteiger partial charge in [0.1, 0.15) is 5.70 Å². The highest BCUT2D eigenvalue weighted by atomic mass is 16.1. The molecule has 0 aliphatic heterocycles. The molecule has 0 aromatic heterocycles. The van der Waals surface area contributed by atoms with Crippen molar-refractivity contribution in [1.82, 2.24) is 0 Å². The number of hydrogen-bond acceptors (Lipinski definition) is 2. The Balaban J connectivity index is 4.04. The highest BCUT2D eigenvalue weighted by molar-refractivity contribution is 6.03. The molecular weight excluding hydrogens is 140 g/mol. The number of carbonyl (C=O) groups is 1. The van der Waals surface area contributed by atoms with Gasteiger partial charge in [-0.15, -0.1) is 0 Å². The molecule has 0 spiro atoms. The lowest BCUT2D eigenvalue weighted by molar-refractivity contribution is -0.111. The summed E-state index contributed by atoms with van der Waals surface area (Å²) >= 11 is 0. The van der Waals surface area contributed by atoms with Crippen molar-refractivity contribution >= 4 is 12.1 Å². The van der Waals surface area contributed by atoms with E-state index in [4.69, 9.17) is 5.73 Å². The molecule has 0 aliphatic rings. The summed E-state index contributed by atoms with van der Waals surface area (Å²) in [6, 6.07) is 0. The molecule has 11 heavy (non-hydrogen) atoms. The molecule has 0 aliphatic carbocycles. The zero-order valence-electron chi connectivity index (χ0n) is 6.58. The monoisotopic (exact) mass is 152 g/mol. The molecule has 0 aromatic carbocycles. The number of nitrogens with zero attached hydrogens (tertiary/aromatic N) is 1. The van der Waals surface area contributed by atoms with Crippen LogP contribution in [0.3, 0.4) is 0 Å². The van der Waals surface area contributed by atoms with Crippen LogP contribution < -0.4 is 5.73 Å². The van der Waals surface area contributed by atoms with Crippen LogP contribution >= 0.6 is 0 Å². The summed E-state index contributed by atoms with van der Waals surface area (Å²) in [5.41, 5.74) is 5.13. The Hall–Kier alpha value is -1.38. The van der Waals surface area contributed by atoms with Crippen LogP contribution in [0.1, 0.15) is 13.3 Å². The summed E-state index contributed by atoms with van der Waals surface area (Å²) in [5, 5.41) is 0. The van der Waals surface area contributed by atoms with Crippen LogP contribution in [0, 0.1) is 0 Å². The lowest BCUT2D eigenvalue weighted by atomic mass is 10.3. The van der Waals surface area contributed by atoms with Gasteiger partial charge in [-0.1, -0.05) is 19.6 Å². The third-order valence-corrected chi connectivity index (χ3v) is 1.02. The largest absolute Gasteiger partial charge is 0.390 e. The maximum atomic E-state index is 10.9. The zero-order valence-corrected chi connectivity index (χ0v) is 6.58. The van der Waals surface area contributed by atoms with E-state index in [1.807, 2.05) is 6.92 Å². The molecule has 0 saturated carbocycles. The second-order valence-corrected chi connectivity index (χ2v) is 1.90. The van der Waals surface area contributed by atoms with Crippen LogP contribution in [0.5, 0.6) is 0 Å². The van der Waals surface area contributed by atoms with Gasteiger partial charge in [-0.25, -0.2) is 4.99 Å². The molecule has 60 valence electrons. The van der Waals surface area contributed by atoms with Gasteiger partial charge in [-0.3, -0.25) is 4.79 Å². The quantitative estimate of drug-likeness (QED) is 0.371. The number of rotatable bonds is 4. The Labute approximate surface area is 66.3 Å². The van der Waals surface area contributed by atoms with Gasteiger partial charge in [0, 0.05) is 0 Å². The second kappa shape index (κ2) is 5.41. The molecule has 3 heteroatoms. The van der Waals surface area contributed by atoms with E-state index in [0.29, 0.717) is 0 Å². The molecule has 0 heterocycles. The SMILES string of the molecule is C=C(N=CN)C(=O)/C=C\CC. The Morgan fingerprint density at radius 2 is 2.36 bits per heavy atom. The molecule has 0 atom stereocenters. The van der Waals surface area contributed by atoms with E-state index < -0.39 is 0 Å². The molecular formula is C8H12N2O.